The molecule has 0 unspecified atom stereocenters. The van der Waals surface area contributed by atoms with Gasteiger partial charge in [-0.05, 0) is 60.3 Å². The Balaban J connectivity index is 0.00000312. The Morgan fingerprint density at radius 3 is 2.30 bits per heavy atom. The average molecular weight is 751 g/mol. The molecule has 1 aliphatic heterocycles. The van der Waals surface area contributed by atoms with E-state index in [1.165, 1.54) is 22.3 Å². The van der Waals surface area contributed by atoms with Crippen LogP contribution < -0.4 is 14.7 Å². The molecule has 216 valence electrons. The van der Waals surface area contributed by atoms with Gasteiger partial charge in [-0.15, -0.1) is 35.7 Å². The molecule has 0 saturated carbocycles. The van der Waals surface area contributed by atoms with Crippen LogP contribution in [0.15, 0.2) is 128 Å². The monoisotopic (exact) mass is 750 g/mol. The van der Waals surface area contributed by atoms with Crippen molar-refractivity contribution in [2.24, 2.45) is 0 Å². The zero-order chi connectivity index (χ0) is 28.9. The van der Waals surface area contributed by atoms with Crippen molar-refractivity contribution in [1.82, 2.24) is 9.55 Å². The third-order valence-corrected chi connectivity index (χ3v) is 8.19. The molecule has 44 heavy (non-hydrogen) atoms. The second-order valence-electron chi connectivity index (χ2n) is 11.0. The minimum absolute atomic E-state index is 0. The van der Waals surface area contributed by atoms with Crippen LogP contribution >= 0.6 is 0 Å². The summed E-state index contributed by atoms with van der Waals surface area (Å²) in [4.78, 5) is 11.6. The molecule has 2 aromatic heterocycles. The number of rotatable bonds is 5. The maximum absolute atomic E-state index is 4.77. The molecule has 7 aromatic rings. The predicted octanol–water partition coefficient (Wildman–Crippen LogP) is 9.10. The zero-order valence-corrected chi connectivity index (χ0v) is 26.7. The largest absolute Gasteiger partial charge is 2.00 e. The van der Waals surface area contributed by atoms with Gasteiger partial charge in [0.05, 0.1) is 18.0 Å². The van der Waals surface area contributed by atoms with Crippen LogP contribution in [0.3, 0.4) is 0 Å². The fourth-order valence-electron chi connectivity index (χ4n) is 6.20. The summed E-state index contributed by atoms with van der Waals surface area (Å²) in [5, 5.41) is 2.32. The summed E-state index contributed by atoms with van der Waals surface area (Å²) in [6.07, 6.45) is 1.87. The summed E-state index contributed by atoms with van der Waals surface area (Å²) in [6.45, 7) is 2.87. The van der Waals surface area contributed by atoms with E-state index in [1.54, 1.807) is 0 Å². The summed E-state index contributed by atoms with van der Waals surface area (Å²) in [5.74, 6) is 0.885. The average Bonchev–Trinajstić information content (AvgIpc) is 3.56. The van der Waals surface area contributed by atoms with Crippen molar-refractivity contribution in [2.45, 2.75) is 6.92 Å². The number of anilines is 6. The molecule has 0 fully saturated rings. The van der Waals surface area contributed by atoms with Gasteiger partial charge in [-0.1, -0.05) is 71.1 Å². The van der Waals surface area contributed by atoms with Crippen LogP contribution in [0.5, 0.6) is 0 Å². The van der Waals surface area contributed by atoms with Gasteiger partial charge in [-0.2, -0.15) is 12.1 Å². The molecule has 0 atom stereocenters. The van der Waals surface area contributed by atoms with Gasteiger partial charge >= 0.3 is 21.1 Å². The first-order valence-corrected chi connectivity index (χ1v) is 14.5. The van der Waals surface area contributed by atoms with Crippen LogP contribution in [0.4, 0.5) is 34.1 Å². The number of benzene rings is 5. The van der Waals surface area contributed by atoms with Crippen LogP contribution in [0, 0.1) is 19.1 Å². The molecule has 0 aliphatic carbocycles. The first kappa shape index (κ1) is 27.9. The van der Waals surface area contributed by atoms with Gasteiger partial charge in [0.1, 0.15) is 5.82 Å². The van der Waals surface area contributed by atoms with E-state index >= 15 is 0 Å². The Hall–Kier alpha value is -4.86. The third-order valence-electron chi connectivity index (χ3n) is 8.19. The summed E-state index contributed by atoms with van der Waals surface area (Å²) in [7, 11) is 2.13. The van der Waals surface area contributed by atoms with Crippen LogP contribution in [0.25, 0.3) is 27.6 Å². The molecule has 8 rings (SSSR count). The molecule has 5 aromatic carbocycles. The number of hydrogen-bond donors (Lipinski definition) is 0. The molecule has 0 radical (unpaired) electrons. The van der Waals surface area contributed by atoms with E-state index in [4.69, 9.17) is 4.98 Å². The normalized spacial score (nSPS) is 12.4. The number of aryl methyl sites for hydroxylation is 1. The minimum atomic E-state index is 0. The van der Waals surface area contributed by atoms with Crippen molar-refractivity contribution in [2.75, 3.05) is 28.4 Å². The number of fused-ring (bicyclic) bond motifs is 4. The second-order valence-corrected chi connectivity index (χ2v) is 11.0. The van der Waals surface area contributed by atoms with Gasteiger partial charge in [0.2, 0.25) is 0 Å². The van der Waals surface area contributed by atoms with E-state index in [1.807, 2.05) is 18.3 Å². The molecule has 1 aliphatic rings. The number of nitrogens with zero attached hydrogens (tertiary/aromatic N) is 5. The van der Waals surface area contributed by atoms with Gasteiger partial charge in [0.15, 0.2) is 0 Å². The maximum Gasteiger partial charge on any atom is 2.00 e. The van der Waals surface area contributed by atoms with E-state index in [0.717, 1.165) is 51.7 Å². The Kier molecular flexibility index (Phi) is 7.19. The summed E-state index contributed by atoms with van der Waals surface area (Å²) >= 11 is 0. The van der Waals surface area contributed by atoms with Gasteiger partial charge in [-0.25, -0.2) is 4.98 Å². The smallest absolute Gasteiger partial charge is 0.358 e. The Morgan fingerprint density at radius 1 is 0.705 bits per heavy atom. The summed E-state index contributed by atoms with van der Waals surface area (Å²) in [6, 6.07) is 50.0. The van der Waals surface area contributed by atoms with E-state index in [0.29, 0.717) is 0 Å². The van der Waals surface area contributed by atoms with Crippen LogP contribution in [-0.2, 0) is 21.1 Å². The second kappa shape index (κ2) is 11.3. The fourth-order valence-corrected chi connectivity index (χ4v) is 6.20. The molecule has 0 amide bonds. The Morgan fingerprint density at radius 2 is 1.45 bits per heavy atom. The zero-order valence-electron chi connectivity index (χ0n) is 24.4. The molecule has 5 nitrogen and oxygen atoms in total. The van der Waals surface area contributed by atoms with Crippen molar-refractivity contribution in [3.8, 4) is 5.82 Å². The SMILES string of the molecule is Cc1ccnc(-n2c3[c-]c(N(c4[c-]c(N5CN(C)c6ccccc65)ccc4)c4ccccc4)ccc3c3ccccc32)c1.[Pt+2]. The standard InChI is InChI=1S/C38H29N5.Pt/c1-27-21-22-39-38(23-27)43-34-16-7-6-15-32(34)33-20-19-31(25-37(33)43)42(28-11-4-3-5-12-28)30-14-10-13-29(24-30)41-26-40(2)35-17-8-9-18-36(35)41;/h3-23H,26H2,1-2H3;/q-2;+2. The quantitative estimate of drug-likeness (QED) is 0.164. The number of hydrogen-bond acceptors (Lipinski definition) is 4. The maximum atomic E-state index is 4.77. The van der Waals surface area contributed by atoms with Gasteiger partial charge in [0, 0.05) is 24.4 Å². The first-order valence-electron chi connectivity index (χ1n) is 14.5. The van der Waals surface area contributed by atoms with Gasteiger partial charge in [0.25, 0.3) is 0 Å². The predicted molar refractivity (Wildman–Crippen MR) is 178 cm³/mol. The number of aromatic nitrogens is 2. The third kappa shape index (κ3) is 4.65. The van der Waals surface area contributed by atoms with E-state index in [2.05, 4.69) is 155 Å². The Labute approximate surface area is 271 Å². The fraction of sp³-hybridized carbons (Fsp3) is 0.0789. The van der Waals surface area contributed by atoms with Crippen molar-refractivity contribution in [1.29, 1.82) is 0 Å². The van der Waals surface area contributed by atoms with Crippen molar-refractivity contribution < 1.29 is 21.1 Å². The Bertz CT molecular complexity index is 2120. The molecule has 3 heterocycles. The van der Waals surface area contributed by atoms with Gasteiger partial charge in [-0.3, -0.25) is 0 Å². The van der Waals surface area contributed by atoms with E-state index in [-0.39, 0.29) is 21.1 Å². The molecule has 6 heteroatoms. The molecule has 0 N–H and O–H groups in total. The molecule has 0 spiro atoms. The topological polar surface area (TPSA) is 27.5 Å². The summed E-state index contributed by atoms with van der Waals surface area (Å²) < 4.78 is 2.22. The van der Waals surface area contributed by atoms with E-state index < -0.39 is 0 Å². The molecule has 0 bridgehead atoms. The van der Waals surface area contributed by atoms with Crippen LogP contribution in [0.2, 0.25) is 0 Å². The summed E-state index contributed by atoms with van der Waals surface area (Å²) in [5.41, 5.74) is 9.62. The first-order chi connectivity index (χ1) is 21.2. The van der Waals surface area contributed by atoms with E-state index in [9.17, 15) is 0 Å². The minimum Gasteiger partial charge on any atom is -0.358 e. The number of para-hydroxylation sites is 4. The van der Waals surface area contributed by atoms with Crippen molar-refractivity contribution >= 4 is 55.9 Å². The number of pyridine rings is 1. The molecule has 0 saturated heterocycles. The van der Waals surface area contributed by atoms with Crippen molar-refractivity contribution in [3.05, 3.63) is 145 Å². The van der Waals surface area contributed by atoms with Crippen molar-refractivity contribution in [3.63, 3.8) is 0 Å². The van der Waals surface area contributed by atoms with Crippen LogP contribution in [-0.4, -0.2) is 23.3 Å². The van der Waals surface area contributed by atoms with Crippen LogP contribution in [0.1, 0.15) is 5.56 Å². The molecular weight excluding hydrogens is 722 g/mol. The molecular formula is C38H29N5Pt. The van der Waals surface area contributed by atoms with Gasteiger partial charge < -0.3 is 19.3 Å².